The van der Waals surface area contributed by atoms with Crippen LogP contribution < -0.4 is 15.5 Å². The highest BCUT2D eigenvalue weighted by Crippen LogP contribution is 2.18. The topological polar surface area (TPSA) is 63.6 Å². The third kappa shape index (κ3) is 4.96. The smallest absolute Gasteiger partial charge is 0.240 e. The fraction of sp³-hybridized carbons (Fsp3) is 0.556. The first-order valence-corrected chi connectivity index (χ1v) is 8.40. The molecule has 24 heavy (non-hydrogen) atoms. The van der Waals surface area contributed by atoms with Gasteiger partial charge in [0.15, 0.2) is 5.75 Å². The lowest BCUT2D eigenvalue weighted by Gasteiger charge is -2.31. The van der Waals surface area contributed by atoms with Gasteiger partial charge < -0.3 is 14.6 Å². The summed E-state index contributed by atoms with van der Waals surface area (Å²) < 4.78 is 6.91. The van der Waals surface area contributed by atoms with E-state index in [2.05, 4.69) is 23.7 Å². The highest BCUT2D eigenvalue weighted by Gasteiger charge is 2.18. The number of amides is 1. The Labute approximate surface area is 143 Å². The third-order valence-corrected chi connectivity index (χ3v) is 4.42. The van der Waals surface area contributed by atoms with Gasteiger partial charge in [0, 0.05) is 24.8 Å². The first-order chi connectivity index (χ1) is 11.5. The van der Waals surface area contributed by atoms with Crippen molar-refractivity contribution in [2.24, 2.45) is 5.92 Å². The van der Waals surface area contributed by atoms with Crippen LogP contribution in [0.4, 0.5) is 0 Å². The predicted molar refractivity (Wildman–Crippen MR) is 94.1 cm³/mol. The van der Waals surface area contributed by atoms with E-state index in [1.807, 2.05) is 0 Å². The first kappa shape index (κ1) is 18.3. The molecule has 1 fully saturated rings. The number of carbonyl (C=O) groups is 1. The number of nitrogens with zero attached hydrogens (tertiary/aromatic N) is 2. The van der Waals surface area contributed by atoms with Crippen LogP contribution in [0.15, 0.2) is 29.7 Å². The molecule has 0 aliphatic carbocycles. The van der Waals surface area contributed by atoms with Gasteiger partial charge in [-0.2, -0.15) is 0 Å². The molecule has 1 aliphatic rings. The average molecular weight is 333 g/mol. The van der Waals surface area contributed by atoms with E-state index < -0.39 is 0 Å². The number of nitrogens with one attached hydrogen (secondary N) is 1. The van der Waals surface area contributed by atoms with Crippen LogP contribution in [-0.2, 0) is 17.9 Å². The number of piperidine rings is 1. The summed E-state index contributed by atoms with van der Waals surface area (Å²) in [5.74, 6) is 0.889. The SMILES string of the molecule is C=CCNC(=O)Cn1cc(OC)c(=O)cc1CN1CCC(C)CC1. The van der Waals surface area contributed by atoms with E-state index in [9.17, 15) is 9.59 Å². The van der Waals surface area contributed by atoms with Crippen LogP contribution in [-0.4, -0.2) is 42.1 Å². The largest absolute Gasteiger partial charge is 0.491 e. The Morgan fingerprint density at radius 3 is 2.79 bits per heavy atom. The molecule has 1 aliphatic heterocycles. The van der Waals surface area contributed by atoms with Crippen molar-refractivity contribution in [3.8, 4) is 5.75 Å². The standard InChI is InChI=1S/C18H27N3O3/c1-4-7-19-18(23)13-21-12-17(24-3)16(22)10-15(21)11-20-8-5-14(2)6-9-20/h4,10,12,14H,1,5-9,11,13H2,2-3H3,(H,19,23). The molecule has 0 aromatic carbocycles. The zero-order chi connectivity index (χ0) is 17.5. The van der Waals surface area contributed by atoms with Gasteiger partial charge in [-0.05, 0) is 31.8 Å². The van der Waals surface area contributed by atoms with E-state index >= 15 is 0 Å². The fourth-order valence-corrected chi connectivity index (χ4v) is 2.88. The van der Waals surface area contributed by atoms with E-state index in [0.29, 0.717) is 13.1 Å². The average Bonchev–Trinajstić information content (AvgIpc) is 2.57. The van der Waals surface area contributed by atoms with Crippen LogP contribution in [0.5, 0.6) is 5.75 Å². The number of aromatic nitrogens is 1. The second-order valence-electron chi connectivity index (χ2n) is 6.38. The lowest BCUT2D eigenvalue weighted by molar-refractivity contribution is -0.121. The summed E-state index contributed by atoms with van der Waals surface area (Å²) in [4.78, 5) is 26.5. The second-order valence-corrected chi connectivity index (χ2v) is 6.38. The second kappa shape index (κ2) is 8.68. The lowest BCUT2D eigenvalue weighted by Crippen LogP contribution is -2.35. The Morgan fingerprint density at radius 1 is 1.46 bits per heavy atom. The summed E-state index contributed by atoms with van der Waals surface area (Å²) in [6.07, 6.45) is 5.60. The van der Waals surface area contributed by atoms with E-state index in [-0.39, 0.29) is 23.6 Å². The molecule has 0 spiro atoms. The summed E-state index contributed by atoms with van der Waals surface area (Å²) in [5.41, 5.74) is 0.685. The van der Waals surface area contributed by atoms with Crippen molar-refractivity contribution in [1.29, 1.82) is 0 Å². The zero-order valence-corrected chi connectivity index (χ0v) is 14.6. The Hall–Kier alpha value is -2.08. The molecule has 6 nitrogen and oxygen atoms in total. The normalized spacial score (nSPS) is 15.9. The van der Waals surface area contributed by atoms with Gasteiger partial charge in [0.25, 0.3) is 0 Å². The molecule has 0 radical (unpaired) electrons. The Morgan fingerprint density at radius 2 is 2.17 bits per heavy atom. The van der Waals surface area contributed by atoms with Crippen molar-refractivity contribution in [3.05, 3.63) is 40.8 Å². The maximum absolute atomic E-state index is 12.1. The highest BCUT2D eigenvalue weighted by molar-refractivity contribution is 5.76. The van der Waals surface area contributed by atoms with E-state index in [0.717, 1.165) is 24.7 Å². The molecule has 2 heterocycles. The van der Waals surface area contributed by atoms with Crippen molar-refractivity contribution in [3.63, 3.8) is 0 Å². The van der Waals surface area contributed by atoms with Crippen LogP contribution in [0.3, 0.4) is 0 Å². The molecule has 1 amide bonds. The highest BCUT2D eigenvalue weighted by atomic mass is 16.5. The lowest BCUT2D eigenvalue weighted by atomic mass is 9.99. The summed E-state index contributed by atoms with van der Waals surface area (Å²) in [5, 5.41) is 2.76. The summed E-state index contributed by atoms with van der Waals surface area (Å²) in [6, 6.07) is 1.58. The number of hydrogen-bond acceptors (Lipinski definition) is 4. The maximum Gasteiger partial charge on any atom is 0.240 e. The van der Waals surface area contributed by atoms with Crippen LogP contribution in [0.2, 0.25) is 0 Å². The molecule has 1 saturated heterocycles. The van der Waals surface area contributed by atoms with Crippen LogP contribution in [0, 0.1) is 5.92 Å². The van der Waals surface area contributed by atoms with Gasteiger partial charge >= 0.3 is 0 Å². The van der Waals surface area contributed by atoms with Crippen molar-refractivity contribution < 1.29 is 9.53 Å². The number of rotatable bonds is 7. The Balaban J connectivity index is 2.17. The minimum absolute atomic E-state index is 0.117. The van der Waals surface area contributed by atoms with Gasteiger partial charge in [0.2, 0.25) is 11.3 Å². The van der Waals surface area contributed by atoms with Gasteiger partial charge in [-0.25, -0.2) is 0 Å². The minimum Gasteiger partial charge on any atom is -0.491 e. The molecule has 0 atom stereocenters. The third-order valence-electron chi connectivity index (χ3n) is 4.42. The van der Waals surface area contributed by atoms with Crippen molar-refractivity contribution in [2.75, 3.05) is 26.7 Å². The molecule has 0 bridgehead atoms. The van der Waals surface area contributed by atoms with Gasteiger partial charge in [-0.1, -0.05) is 13.0 Å². The molecular formula is C18H27N3O3. The summed E-state index contributed by atoms with van der Waals surface area (Å²) in [6.45, 7) is 9.14. The number of ether oxygens (including phenoxy) is 1. The Bertz CT molecular complexity index is 631. The number of carbonyl (C=O) groups excluding carboxylic acids is 1. The predicted octanol–water partition coefficient (Wildman–Crippen LogP) is 1.39. The molecule has 1 aromatic rings. The minimum atomic E-state index is -0.152. The molecule has 2 rings (SSSR count). The molecule has 1 N–H and O–H groups in total. The van der Waals surface area contributed by atoms with Crippen LogP contribution in [0.25, 0.3) is 0 Å². The van der Waals surface area contributed by atoms with E-state index in [1.165, 1.54) is 20.0 Å². The fourth-order valence-electron chi connectivity index (χ4n) is 2.88. The number of hydrogen-bond donors (Lipinski definition) is 1. The maximum atomic E-state index is 12.1. The number of pyridine rings is 1. The van der Waals surface area contributed by atoms with Crippen LogP contribution >= 0.6 is 0 Å². The summed E-state index contributed by atoms with van der Waals surface area (Å²) in [7, 11) is 1.46. The molecule has 1 aromatic heterocycles. The summed E-state index contributed by atoms with van der Waals surface area (Å²) >= 11 is 0. The van der Waals surface area contributed by atoms with Crippen molar-refractivity contribution in [1.82, 2.24) is 14.8 Å². The van der Waals surface area contributed by atoms with Crippen molar-refractivity contribution >= 4 is 5.91 Å². The first-order valence-electron chi connectivity index (χ1n) is 8.40. The van der Waals surface area contributed by atoms with Gasteiger partial charge in [0.1, 0.15) is 6.54 Å². The molecule has 132 valence electrons. The molecule has 0 saturated carbocycles. The van der Waals surface area contributed by atoms with Crippen molar-refractivity contribution in [2.45, 2.75) is 32.9 Å². The molecule has 6 heteroatoms. The number of methoxy groups -OCH3 is 1. The molecule has 0 unspecified atom stereocenters. The monoisotopic (exact) mass is 333 g/mol. The quantitative estimate of drug-likeness (QED) is 0.766. The van der Waals surface area contributed by atoms with Crippen LogP contribution in [0.1, 0.15) is 25.5 Å². The van der Waals surface area contributed by atoms with E-state index in [1.54, 1.807) is 22.9 Å². The molecular weight excluding hydrogens is 306 g/mol. The Kier molecular flexibility index (Phi) is 6.61. The zero-order valence-electron chi connectivity index (χ0n) is 14.6. The number of likely N-dealkylation sites (tertiary alicyclic amines) is 1. The van der Waals surface area contributed by atoms with E-state index in [4.69, 9.17) is 4.74 Å². The van der Waals surface area contributed by atoms with Gasteiger partial charge in [-0.3, -0.25) is 14.5 Å². The van der Waals surface area contributed by atoms with Gasteiger partial charge in [0.05, 0.1) is 13.3 Å². The van der Waals surface area contributed by atoms with Gasteiger partial charge in [-0.15, -0.1) is 6.58 Å².